The Morgan fingerprint density at radius 3 is 2.70 bits per heavy atom. The van der Waals surface area contributed by atoms with Gasteiger partial charge < -0.3 is 25.4 Å². The highest BCUT2D eigenvalue weighted by molar-refractivity contribution is 7.98. The van der Waals surface area contributed by atoms with Crippen molar-refractivity contribution in [3.63, 3.8) is 0 Å². The number of para-hydroxylation sites is 1. The zero-order chi connectivity index (χ0) is 21.5. The maximum Gasteiger partial charge on any atom is 0.291 e. The summed E-state index contributed by atoms with van der Waals surface area (Å²) in [6.07, 6.45) is 3.60. The van der Waals surface area contributed by atoms with Gasteiger partial charge in [0, 0.05) is 32.4 Å². The van der Waals surface area contributed by atoms with Crippen molar-refractivity contribution in [1.29, 1.82) is 0 Å². The monoisotopic (exact) mass is 427 g/mol. The van der Waals surface area contributed by atoms with Gasteiger partial charge in [-0.15, -0.1) is 0 Å². The van der Waals surface area contributed by atoms with Crippen LogP contribution in [0.25, 0.3) is 0 Å². The topological polar surface area (TPSA) is 132 Å². The second kappa shape index (κ2) is 9.79. The zero-order valence-corrected chi connectivity index (χ0v) is 17.1. The molecule has 9 nitrogen and oxygen atoms in total. The number of hydrogen-bond acceptors (Lipinski definition) is 6. The van der Waals surface area contributed by atoms with Crippen LogP contribution in [0.15, 0.2) is 58.4 Å². The van der Waals surface area contributed by atoms with Crippen molar-refractivity contribution in [2.75, 3.05) is 11.9 Å². The van der Waals surface area contributed by atoms with Crippen LogP contribution in [-0.2, 0) is 17.6 Å². The Hall–Kier alpha value is -3.53. The molecule has 0 atom stereocenters. The lowest BCUT2D eigenvalue weighted by molar-refractivity contribution is -0.117. The summed E-state index contributed by atoms with van der Waals surface area (Å²) in [6, 6.07) is 9.88. The Morgan fingerprint density at radius 1 is 1.17 bits per heavy atom. The highest BCUT2D eigenvalue weighted by atomic mass is 32.2. The molecule has 4 N–H and O–H groups in total. The first kappa shape index (κ1) is 21.2. The Balaban J connectivity index is 1.62. The third-order valence-electron chi connectivity index (χ3n) is 4.08. The van der Waals surface area contributed by atoms with Gasteiger partial charge in [0.2, 0.25) is 5.91 Å². The van der Waals surface area contributed by atoms with E-state index in [9.17, 15) is 14.4 Å². The predicted octanol–water partition coefficient (Wildman–Crippen LogP) is 2.16. The fraction of sp³-hybridized carbons (Fsp3) is 0.200. The number of amides is 3. The number of carbonyl (C=O) groups is 3. The lowest BCUT2D eigenvalue weighted by atomic mass is 10.1. The Kier molecular flexibility index (Phi) is 6.91. The molecule has 0 radical (unpaired) electrons. The predicted molar refractivity (Wildman–Crippen MR) is 112 cm³/mol. The van der Waals surface area contributed by atoms with Gasteiger partial charge in [-0.05, 0) is 24.3 Å². The average Bonchev–Trinajstić information content (AvgIpc) is 3.35. The zero-order valence-electron chi connectivity index (χ0n) is 16.3. The van der Waals surface area contributed by atoms with Crippen LogP contribution < -0.4 is 16.4 Å². The molecule has 3 rings (SSSR count). The first-order chi connectivity index (χ1) is 14.4. The first-order valence-corrected chi connectivity index (χ1v) is 10.1. The third kappa shape index (κ3) is 5.51. The van der Waals surface area contributed by atoms with E-state index in [0.29, 0.717) is 17.2 Å². The van der Waals surface area contributed by atoms with Crippen LogP contribution in [0.1, 0.15) is 33.1 Å². The standard InChI is InChI=1S/C20H21N5O4S/c1-25-11-10-23-20(25)30-12-13-6-7-16(29-13)19(28)24-15-5-3-2-4-14(15)18(27)22-9-8-17(21)26/h2-7,10-11H,8-9,12H2,1H3,(H2,21,26)(H,22,27)(H,24,28). The van der Waals surface area contributed by atoms with Gasteiger partial charge in [-0.3, -0.25) is 14.4 Å². The number of nitrogens with two attached hydrogens (primary N) is 1. The average molecular weight is 427 g/mol. The van der Waals surface area contributed by atoms with Gasteiger partial charge in [0.05, 0.1) is 17.0 Å². The molecular weight excluding hydrogens is 406 g/mol. The second-order valence-electron chi connectivity index (χ2n) is 6.35. The number of furan rings is 1. The van der Waals surface area contributed by atoms with E-state index in [4.69, 9.17) is 10.2 Å². The Labute approximate surface area is 177 Å². The molecule has 0 aliphatic heterocycles. The van der Waals surface area contributed by atoms with Crippen LogP contribution in [0.2, 0.25) is 0 Å². The lowest BCUT2D eigenvalue weighted by Crippen LogP contribution is -2.28. The molecule has 0 unspecified atom stereocenters. The number of anilines is 1. The van der Waals surface area contributed by atoms with Crippen LogP contribution >= 0.6 is 11.8 Å². The van der Waals surface area contributed by atoms with Crippen molar-refractivity contribution >= 4 is 35.2 Å². The molecule has 3 amide bonds. The van der Waals surface area contributed by atoms with Crippen molar-refractivity contribution in [2.45, 2.75) is 17.3 Å². The van der Waals surface area contributed by atoms with Gasteiger partial charge in [-0.25, -0.2) is 4.98 Å². The van der Waals surface area contributed by atoms with Crippen molar-refractivity contribution in [1.82, 2.24) is 14.9 Å². The maximum absolute atomic E-state index is 12.6. The van der Waals surface area contributed by atoms with Crippen molar-refractivity contribution < 1.29 is 18.8 Å². The molecule has 0 saturated heterocycles. The van der Waals surface area contributed by atoms with Crippen LogP contribution in [0.5, 0.6) is 0 Å². The van der Waals surface area contributed by atoms with E-state index in [1.54, 1.807) is 42.6 Å². The van der Waals surface area contributed by atoms with Crippen LogP contribution in [-0.4, -0.2) is 33.8 Å². The summed E-state index contributed by atoms with van der Waals surface area (Å²) in [5.74, 6) is -0.109. The van der Waals surface area contributed by atoms with Crippen LogP contribution in [0, 0.1) is 0 Å². The van der Waals surface area contributed by atoms with Crippen molar-refractivity contribution in [2.24, 2.45) is 12.8 Å². The summed E-state index contributed by atoms with van der Waals surface area (Å²) in [6.45, 7) is 0.117. The number of benzene rings is 1. The largest absolute Gasteiger partial charge is 0.455 e. The fourth-order valence-electron chi connectivity index (χ4n) is 2.57. The number of hydrogen-bond donors (Lipinski definition) is 3. The minimum Gasteiger partial charge on any atom is -0.455 e. The Morgan fingerprint density at radius 2 is 1.97 bits per heavy atom. The van der Waals surface area contributed by atoms with Gasteiger partial charge in [0.15, 0.2) is 10.9 Å². The third-order valence-corrected chi connectivity index (χ3v) is 5.16. The number of imidazole rings is 1. The first-order valence-electron chi connectivity index (χ1n) is 9.09. The summed E-state index contributed by atoms with van der Waals surface area (Å²) in [4.78, 5) is 40.0. The van der Waals surface area contributed by atoms with Crippen molar-refractivity contribution in [3.05, 3.63) is 65.9 Å². The number of carbonyl (C=O) groups excluding carboxylic acids is 3. The summed E-state index contributed by atoms with van der Waals surface area (Å²) in [5, 5.41) is 6.13. The molecular formula is C20H21N5O4S. The number of aromatic nitrogens is 2. The van der Waals surface area contributed by atoms with E-state index in [-0.39, 0.29) is 24.3 Å². The molecule has 10 heteroatoms. The second-order valence-corrected chi connectivity index (χ2v) is 7.29. The van der Waals surface area contributed by atoms with Gasteiger partial charge in [0.25, 0.3) is 11.8 Å². The molecule has 3 aromatic rings. The van der Waals surface area contributed by atoms with Gasteiger partial charge in [-0.2, -0.15) is 0 Å². The molecule has 0 aliphatic rings. The van der Waals surface area contributed by atoms with Gasteiger partial charge in [-0.1, -0.05) is 23.9 Å². The highest BCUT2D eigenvalue weighted by Crippen LogP contribution is 2.23. The van der Waals surface area contributed by atoms with E-state index in [1.165, 1.54) is 11.8 Å². The number of aryl methyl sites for hydroxylation is 1. The minimum absolute atomic E-state index is 0.0335. The van der Waals surface area contributed by atoms with E-state index in [0.717, 1.165) is 5.16 Å². The molecule has 30 heavy (non-hydrogen) atoms. The minimum atomic E-state index is -0.508. The molecule has 0 aliphatic carbocycles. The molecule has 156 valence electrons. The highest BCUT2D eigenvalue weighted by Gasteiger charge is 2.16. The van der Waals surface area contributed by atoms with Crippen LogP contribution in [0.4, 0.5) is 5.69 Å². The summed E-state index contributed by atoms with van der Waals surface area (Å²) in [5.41, 5.74) is 5.68. The van der Waals surface area contributed by atoms with Gasteiger partial charge >= 0.3 is 0 Å². The fourth-order valence-corrected chi connectivity index (χ4v) is 3.40. The molecule has 0 fully saturated rings. The summed E-state index contributed by atoms with van der Waals surface area (Å²) >= 11 is 1.49. The smallest absolute Gasteiger partial charge is 0.291 e. The molecule has 0 saturated carbocycles. The molecule has 0 bridgehead atoms. The summed E-state index contributed by atoms with van der Waals surface area (Å²) < 4.78 is 7.52. The van der Waals surface area contributed by atoms with Crippen molar-refractivity contribution in [3.8, 4) is 0 Å². The van der Waals surface area contributed by atoms with E-state index in [1.807, 2.05) is 17.8 Å². The summed E-state index contributed by atoms with van der Waals surface area (Å²) in [7, 11) is 1.90. The van der Waals surface area contributed by atoms with E-state index >= 15 is 0 Å². The quantitative estimate of drug-likeness (QED) is 0.448. The van der Waals surface area contributed by atoms with E-state index < -0.39 is 17.7 Å². The number of thioether (sulfide) groups is 1. The number of primary amides is 1. The lowest BCUT2D eigenvalue weighted by Gasteiger charge is -2.10. The van der Waals surface area contributed by atoms with Gasteiger partial charge in [0.1, 0.15) is 5.76 Å². The molecule has 1 aromatic carbocycles. The number of nitrogens with one attached hydrogen (secondary N) is 2. The number of nitrogens with zero attached hydrogens (tertiary/aromatic N) is 2. The maximum atomic E-state index is 12.6. The Bertz CT molecular complexity index is 1060. The molecule has 2 aromatic heterocycles. The SMILES string of the molecule is Cn1ccnc1SCc1ccc(C(=O)Nc2ccccc2C(=O)NCCC(N)=O)o1. The molecule has 0 spiro atoms. The van der Waals surface area contributed by atoms with E-state index in [2.05, 4.69) is 15.6 Å². The normalized spacial score (nSPS) is 10.6. The number of rotatable bonds is 9. The molecule has 2 heterocycles. The van der Waals surface area contributed by atoms with Crippen LogP contribution in [0.3, 0.4) is 0 Å².